The third-order valence-electron chi connectivity index (χ3n) is 8.56. The molecule has 7 nitrogen and oxygen atoms in total. The standard InChI is InChI=1S/C33H34ClN5O2/c1-20-26-14-15-39(32(26)37-19-36-20)28-17-24(30-31(28)41-33(2,3)40-30)9-5-21-4-8-23-10-13-29(38-27(23)16-21)35-18-22-6-11-25(34)12-7-22/h4,6-8,10-16,19,24,28,30-31H,5,9,17-18H2,1-3H3,(H,35,38)/t24-,28+,30+,31-/m0/s1. The first-order valence-electron chi connectivity index (χ1n) is 14.3. The maximum Gasteiger partial charge on any atom is 0.163 e. The van der Waals surface area contributed by atoms with Crippen LogP contribution in [0.5, 0.6) is 0 Å². The first-order valence-corrected chi connectivity index (χ1v) is 14.7. The molecule has 0 bridgehead atoms. The number of pyridine rings is 1. The molecule has 2 fully saturated rings. The van der Waals surface area contributed by atoms with Crippen molar-refractivity contribution in [3.63, 3.8) is 0 Å². The van der Waals surface area contributed by atoms with E-state index in [4.69, 9.17) is 26.1 Å². The number of halogens is 1. The number of anilines is 1. The fourth-order valence-electron chi connectivity index (χ4n) is 6.54. The largest absolute Gasteiger partial charge is 0.366 e. The Labute approximate surface area is 244 Å². The van der Waals surface area contributed by atoms with Gasteiger partial charge >= 0.3 is 0 Å². The average Bonchev–Trinajstić information content (AvgIpc) is 3.62. The maximum atomic E-state index is 6.50. The second-order valence-corrected chi connectivity index (χ2v) is 12.2. The van der Waals surface area contributed by atoms with Crippen molar-refractivity contribution in [2.75, 3.05) is 5.32 Å². The van der Waals surface area contributed by atoms with Crippen LogP contribution in [0.2, 0.25) is 5.02 Å². The van der Waals surface area contributed by atoms with Crippen molar-refractivity contribution in [3.05, 3.63) is 95.0 Å². The Bertz CT molecular complexity index is 1720. The van der Waals surface area contributed by atoms with Crippen LogP contribution in [0, 0.1) is 12.8 Å². The van der Waals surface area contributed by atoms with E-state index in [-0.39, 0.29) is 18.2 Å². The van der Waals surface area contributed by atoms with Crippen LogP contribution in [0.3, 0.4) is 0 Å². The summed E-state index contributed by atoms with van der Waals surface area (Å²) >= 11 is 6.02. The molecule has 4 atom stereocenters. The first-order chi connectivity index (χ1) is 19.8. The third-order valence-corrected chi connectivity index (χ3v) is 8.82. The van der Waals surface area contributed by atoms with Gasteiger partial charge in [-0.2, -0.15) is 0 Å². The monoisotopic (exact) mass is 567 g/mol. The molecular formula is C33H34ClN5O2. The van der Waals surface area contributed by atoms with Crippen molar-refractivity contribution in [1.82, 2.24) is 19.5 Å². The van der Waals surface area contributed by atoms with E-state index in [2.05, 4.69) is 56.4 Å². The number of fused-ring (bicyclic) bond motifs is 3. The van der Waals surface area contributed by atoms with E-state index < -0.39 is 5.79 Å². The molecular weight excluding hydrogens is 534 g/mol. The smallest absolute Gasteiger partial charge is 0.163 e. The minimum Gasteiger partial charge on any atom is -0.366 e. The summed E-state index contributed by atoms with van der Waals surface area (Å²) in [7, 11) is 0. The van der Waals surface area contributed by atoms with Crippen LogP contribution in [0.1, 0.15) is 49.6 Å². The third kappa shape index (κ3) is 5.18. The molecule has 0 radical (unpaired) electrons. The van der Waals surface area contributed by atoms with Gasteiger partial charge in [0, 0.05) is 28.5 Å². The van der Waals surface area contributed by atoms with Crippen molar-refractivity contribution in [3.8, 4) is 0 Å². The lowest BCUT2D eigenvalue weighted by atomic mass is 9.95. The molecule has 2 aliphatic rings. The van der Waals surface area contributed by atoms with Gasteiger partial charge in [-0.05, 0) is 93.5 Å². The lowest BCUT2D eigenvalue weighted by Gasteiger charge is -2.24. The minimum absolute atomic E-state index is 0.00610. The van der Waals surface area contributed by atoms with Gasteiger partial charge in [0.15, 0.2) is 5.79 Å². The van der Waals surface area contributed by atoms with E-state index in [0.717, 1.165) is 63.3 Å². The summed E-state index contributed by atoms with van der Waals surface area (Å²) in [6, 6.07) is 21.0. The zero-order valence-corrected chi connectivity index (χ0v) is 24.3. The van der Waals surface area contributed by atoms with Gasteiger partial charge in [0.25, 0.3) is 0 Å². The van der Waals surface area contributed by atoms with Crippen LogP contribution in [-0.2, 0) is 22.4 Å². The number of aryl methyl sites for hydroxylation is 2. The fourth-order valence-corrected chi connectivity index (χ4v) is 6.67. The van der Waals surface area contributed by atoms with Crippen LogP contribution >= 0.6 is 11.6 Å². The van der Waals surface area contributed by atoms with Gasteiger partial charge in [-0.3, -0.25) is 0 Å². The molecule has 41 heavy (non-hydrogen) atoms. The summed E-state index contributed by atoms with van der Waals surface area (Å²) in [6.07, 6.45) is 6.80. The summed E-state index contributed by atoms with van der Waals surface area (Å²) < 4.78 is 15.3. The minimum atomic E-state index is -0.595. The Morgan fingerprint density at radius 2 is 1.76 bits per heavy atom. The zero-order valence-electron chi connectivity index (χ0n) is 23.5. The zero-order chi connectivity index (χ0) is 28.1. The number of nitrogens with one attached hydrogen (secondary N) is 1. The van der Waals surface area contributed by atoms with Gasteiger partial charge < -0.3 is 19.4 Å². The molecule has 0 amide bonds. The highest BCUT2D eigenvalue weighted by molar-refractivity contribution is 6.30. The van der Waals surface area contributed by atoms with E-state index in [1.54, 1.807) is 6.33 Å². The number of nitrogens with zero attached hydrogens (tertiary/aromatic N) is 4. The number of benzene rings is 2. The molecule has 7 rings (SSSR count). The molecule has 1 aliphatic heterocycles. The molecule has 1 N–H and O–H groups in total. The van der Waals surface area contributed by atoms with E-state index in [9.17, 15) is 0 Å². The van der Waals surface area contributed by atoms with Gasteiger partial charge in [-0.25, -0.2) is 15.0 Å². The highest BCUT2D eigenvalue weighted by Crippen LogP contribution is 2.49. The summed E-state index contributed by atoms with van der Waals surface area (Å²) in [6.45, 7) is 6.77. The van der Waals surface area contributed by atoms with Crippen molar-refractivity contribution in [2.24, 2.45) is 5.92 Å². The van der Waals surface area contributed by atoms with Crippen molar-refractivity contribution in [1.29, 1.82) is 0 Å². The lowest BCUT2D eigenvalue weighted by molar-refractivity contribution is -0.160. The van der Waals surface area contributed by atoms with E-state index >= 15 is 0 Å². The van der Waals surface area contributed by atoms with Gasteiger partial charge in [0.1, 0.15) is 23.9 Å². The molecule has 5 aromatic rings. The van der Waals surface area contributed by atoms with Gasteiger partial charge in [-0.1, -0.05) is 35.9 Å². The average molecular weight is 568 g/mol. The molecule has 210 valence electrons. The highest BCUT2D eigenvalue weighted by atomic mass is 35.5. The van der Waals surface area contributed by atoms with Gasteiger partial charge in [-0.15, -0.1) is 0 Å². The molecule has 3 aromatic heterocycles. The quantitative estimate of drug-likeness (QED) is 0.223. The van der Waals surface area contributed by atoms with Crippen LogP contribution in [-0.4, -0.2) is 37.5 Å². The highest BCUT2D eigenvalue weighted by Gasteiger charge is 2.54. The normalized spacial score (nSPS) is 23.3. The second kappa shape index (κ2) is 10.4. The van der Waals surface area contributed by atoms with E-state index in [1.807, 2.05) is 51.1 Å². The van der Waals surface area contributed by atoms with Gasteiger partial charge in [0.2, 0.25) is 0 Å². The Hall–Kier alpha value is -3.52. The van der Waals surface area contributed by atoms with Crippen LogP contribution in [0.4, 0.5) is 5.82 Å². The van der Waals surface area contributed by atoms with Gasteiger partial charge in [0.05, 0.1) is 23.4 Å². The predicted octanol–water partition coefficient (Wildman–Crippen LogP) is 7.27. The molecule has 8 heteroatoms. The molecule has 0 unspecified atom stereocenters. The maximum absolute atomic E-state index is 6.50. The van der Waals surface area contributed by atoms with Crippen LogP contribution in [0.25, 0.3) is 21.9 Å². The summed E-state index contributed by atoms with van der Waals surface area (Å²) in [5.74, 6) is 0.647. The summed E-state index contributed by atoms with van der Waals surface area (Å²) in [4.78, 5) is 13.9. The van der Waals surface area contributed by atoms with Crippen LogP contribution in [0.15, 0.2) is 73.2 Å². The van der Waals surface area contributed by atoms with Crippen LogP contribution < -0.4 is 5.32 Å². The molecule has 0 spiro atoms. The number of rotatable bonds is 7. The topological polar surface area (TPSA) is 74.1 Å². The lowest BCUT2D eigenvalue weighted by Crippen LogP contribution is -2.27. The SMILES string of the molecule is Cc1ncnc2c1ccn2[C@@H]1C[C@H](CCc2ccc3ccc(NCc4ccc(Cl)cc4)nc3c2)[C@H]2OC(C)(C)O[C@H]21. The molecule has 1 saturated heterocycles. The van der Waals surface area contributed by atoms with Crippen molar-refractivity contribution >= 4 is 39.4 Å². The molecule has 4 heterocycles. The Kier molecular flexibility index (Phi) is 6.69. The summed E-state index contributed by atoms with van der Waals surface area (Å²) in [5, 5.41) is 6.41. The number of aromatic nitrogens is 4. The van der Waals surface area contributed by atoms with E-state index in [1.165, 1.54) is 5.56 Å². The molecule has 1 aliphatic carbocycles. The molecule has 1 saturated carbocycles. The number of hydrogen-bond acceptors (Lipinski definition) is 6. The number of hydrogen-bond donors (Lipinski definition) is 1. The first kappa shape index (κ1) is 26.4. The Morgan fingerprint density at radius 3 is 2.61 bits per heavy atom. The fraction of sp³-hybridized carbons (Fsp3) is 0.364. The predicted molar refractivity (Wildman–Crippen MR) is 162 cm³/mol. The molecule has 2 aromatic carbocycles. The van der Waals surface area contributed by atoms with Crippen molar-refractivity contribution in [2.45, 2.75) is 70.6 Å². The second-order valence-electron chi connectivity index (χ2n) is 11.8. The van der Waals surface area contributed by atoms with Crippen molar-refractivity contribution < 1.29 is 9.47 Å². The van der Waals surface area contributed by atoms with E-state index in [0.29, 0.717) is 12.5 Å². The summed E-state index contributed by atoms with van der Waals surface area (Å²) in [5.41, 5.74) is 5.41. The Morgan fingerprint density at radius 1 is 0.976 bits per heavy atom. The number of ether oxygens (including phenoxy) is 2. The Balaban J connectivity index is 1.08.